The van der Waals surface area contributed by atoms with Crippen LogP contribution in [-0.4, -0.2) is 73.2 Å². The van der Waals surface area contributed by atoms with Crippen LogP contribution < -0.4 is 10.2 Å². The second-order valence-corrected chi connectivity index (χ2v) is 10.9. The number of nitrogens with one attached hydrogen (secondary N) is 1. The van der Waals surface area contributed by atoms with E-state index in [1.165, 1.54) is 24.2 Å². The predicted octanol–water partition coefficient (Wildman–Crippen LogP) is 2.75. The van der Waals surface area contributed by atoms with Crippen molar-refractivity contribution in [1.82, 2.24) is 15.1 Å². The van der Waals surface area contributed by atoms with Gasteiger partial charge in [-0.15, -0.1) is 0 Å². The van der Waals surface area contributed by atoms with Crippen LogP contribution >= 0.6 is 0 Å². The molecule has 5 aliphatic rings. The molecular formula is C26H36N4O4. The van der Waals surface area contributed by atoms with E-state index in [1.807, 2.05) is 31.2 Å². The van der Waals surface area contributed by atoms with Gasteiger partial charge in [0.25, 0.3) is 0 Å². The number of rotatable bonds is 7. The summed E-state index contributed by atoms with van der Waals surface area (Å²) < 4.78 is 5.22. The lowest BCUT2D eigenvalue weighted by atomic mass is 9.53. The Morgan fingerprint density at radius 1 is 1.15 bits per heavy atom. The van der Waals surface area contributed by atoms with Gasteiger partial charge in [-0.2, -0.15) is 0 Å². The van der Waals surface area contributed by atoms with E-state index < -0.39 is 0 Å². The summed E-state index contributed by atoms with van der Waals surface area (Å²) in [5, 5.41) is 3.36. The second kappa shape index (κ2) is 9.21. The molecule has 4 aliphatic carbocycles. The number of aryl methyl sites for hydroxylation is 1. The Bertz CT molecular complexity index is 929. The molecule has 8 heteroatoms. The maximum absolute atomic E-state index is 13.4. The minimum Gasteiger partial charge on any atom is -0.383 e. The fourth-order valence-corrected chi connectivity index (χ4v) is 7.02. The highest BCUT2D eigenvalue weighted by Crippen LogP contribution is 2.55. The van der Waals surface area contributed by atoms with Gasteiger partial charge in [-0.05, 0) is 80.9 Å². The number of urea groups is 1. The predicted molar refractivity (Wildman–Crippen MR) is 128 cm³/mol. The number of carbonyl (C=O) groups excluding carboxylic acids is 3. The molecule has 0 aromatic heterocycles. The summed E-state index contributed by atoms with van der Waals surface area (Å²) in [4.78, 5) is 43.9. The number of carbonyl (C=O) groups is 3. The van der Waals surface area contributed by atoms with E-state index in [0.717, 1.165) is 48.3 Å². The van der Waals surface area contributed by atoms with Gasteiger partial charge in [0.1, 0.15) is 19.8 Å². The molecule has 8 nitrogen and oxygen atoms in total. The van der Waals surface area contributed by atoms with Crippen molar-refractivity contribution >= 4 is 23.5 Å². The number of anilines is 1. The van der Waals surface area contributed by atoms with E-state index in [9.17, 15) is 14.4 Å². The van der Waals surface area contributed by atoms with Crippen LogP contribution in [0.1, 0.15) is 44.1 Å². The van der Waals surface area contributed by atoms with Gasteiger partial charge in [0, 0.05) is 24.9 Å². The minimum absolute atomic E-state index is 0.0293. The molecule has 0 radical (unpaired) electrons. The Hall–Kier alpha value is -2.61. The average molecular weight is 469 g/mol. The summed E-state index contributed by atoms with van der Waals surface area (Å²) in [6.07, 6.45) is 7.10. The Morgan fingerprint density at radius 3 is 2.44 bits per heavy atom. The lowest BCUT2D eigenvalue weighted by Gasteiger charge is -2.57. The van der Waals surface area contributed by atoms with Crippen LogP contribution in [0, 0.1) is 24.7 Å². The highest BCUT2D eigenvalue weighted by atomic mass is 16.5. The lowest BCUT2D eigenvalue weighted by molar-refractivity contribution is -0.132. The van der Waals surface area contributed by atoms with E-state index in [-0.39, 0.29) is 43.1 Å². The maximum Gasteiger partial charge on any atom is 0.318 e. The maximum atomic E-state index is 13.4. The van der Waals surface area contributed by atoms with Gasteiger partial charge in [-0.1, -0.05) is 12.1 Å². The Kier molecular flexibility index (Phi) is 6.27. The van der Waals surface area contributed by atoms with Gasteiger partial charge in [-0.3, -0.25) is 14.5 Å². The van der Waals surface area contributed by atoms with Gasteiger partial charge >= 0.3 is 6.03 Å². The molecular weight excluding hydrogens is 432 g/mol. The fourth-order valence-electron chi connectivity index (χ4n) is 7.02. The monoisotopic (exact) mass is 468 g/mol. The molecule has 1 aromatic carbocycles. The molecule has 184 valence electrons. The largest absolute Gasteiger partial charge is 0.383 e. The topological polar surface area (TPSA) is 82.2 Å². The summed E-state index contributed by atoms with van der Waals surface area (Å²) in [7, 11) is 1.59. The quantitative estimate of drug-likeness (QED) is 0.667. The van der Waals surface area contributed by atoms with Gasteiger partial charge < -0.3 is 19.9 Å². The summed E-state index contributed by atoms with van der Waals surface area (Å²) in [6, 6.07) is 7.51. The SMILES string of the molecule is COCCN(CC(=O)N1CC(=O)N(c2cccc(C)c2)C1)C(=O)NC12CC3CC(CC(C3)C1)C2. The zero-order chi connectivity index (χ0) is 23.9. The van der Waals surface area contributed by atoms with Crippen molar-refractivity contribution < 1.29 is 19.1 Å². The van der Waals surface area contributed by atoms with Crippen molar-refractivity contribution in [2.75, 3.05) is 44.9 Å². The third-order valence-corrected chi connectivity index (χ3v) is 8.19. The Labute approximate surface area is 201 Å². The summed E-state index contributed by atoms with van der Waals surface area (Å²) in [5.41, 5.74) is 1.73. The Balaban J connectivity index is 1.23. The van der Waals surface area contributed by atoms with Crippen LogP contribution in [0.3, 0.4) is 0 Å². The van der Waals surface area contributed by atoms with Crippen LogP contribution in [-0.2, 0) is 14.3 Å². The zero-order valence-corrected chi connectivity index (χ0v) is 20.3. The molecule has 34 heavy (non-hydrogen) atoms. The smallest absolute Gasteiger partial charge is 0.318 e. The molecule has 1 N–H and O–H groups in total. The third kappa shape index (κ3) is 4.65. The van der Waals surface area contributed by atoms with Crippen molar-refractivity contribution in [2.45, 2.75) is 51.0 Å². The van der Waals surface area contributed by atoms with Crippen molar-refractivity contribution in [3.05, 3.63) is 29.8 Å². The highest BCUT2D eigenvalue weighted by molar-refractivity contribution is 6.00. The molecule has 6 rings (SSSR count). The summed E-state index contributed by atoms with van der Waals surface area (Å²) in [5.74, 6) is 1.84. The number of hydrogen-bond donors (Lipinski definition) is 1. The first-order valence-corrected chi connectivity index (χ1v) is 12.5. The number of amides is 4. The van der Waals surface area contributed by atoms with Crippen LogP contribution in [0.4, 0.5) is 10.5 Å². The Morgan fingerprint density at radius 2 is 1.82 bits per heavy atom. The van der Waals surface area contributed by atoms with Crippen LogP contribution in [0.5, 0.6) is 0 Å². The summed E-state index contributed by atoms with van der Waals surface area (Å²) in [6.45, 7) is 2.84. The first kappa shape index (κ1) is 23.1. The summed E-state index contributed by atoms with van der Waals surface area (Å²) >= 11 is 0. The average Bonchev–Trinajstić information content (AvgIpc) is 3.17. The number of methoxy groups -OCH3 is 1. The molecule has 0 spiro atoms. The highest BCUT2D eigenvalue weighted by Gasteiger charge is 2.52. The second-order valence-electron chi connectivity index (χ2n) is 10.9. The van der Waals surface area contributed by atoms with Crippen molar-refractivity contribution in [3.63, 3.8) is 0 Å². The molecule has 5 fully saturated rings. The number of nitrogens with zero attached hydrogens (tertiary/aromatic N) is 3. The minimum atomic E-state index is -0.222. The lowest BCUT2D eigenvalue weighted by Crippen LogP contribution is -2.62. The van der Waals surface area contributed by atoms with Gasteiger partial charge in [-0.25, -0.2) is 4.79 Å². The molecule has 4 saturated carbocycles. The van der Waals surface area contributed by atoms with E-state index >= 15 is 0 Å². The van der Waals surface area contributed by atoms with Crippen LogP contribution in [0.2, 0.25) is 0 Å². The van der Waals surface area contributed by atoms with E-state index in [4.69, 9.17) is 4.74 Å². The first-order chi connectivity index (χ1) is 16.3. The van der Waals surface area contributed by atoms with E-state index in [0.29, 0.717) is 13.2 Å². The van der Waals surface area contributed by atoms with E-state index in [1.54, 1.807) is 16.9 Å². The molecule has 0 atom stereocenters. The van der Waals surface area contributed by atoms with Crippen molar-refractivity contribution in [1.29, 1.82) is 0 Å². The standard InChI is InChI=1S/C26H36N4O4/c1-18-4-3-5-22(8-18)30-17-29(16-24(30)32)23(31)15-28(6-7-34-2)25(33)27-26-12-19-9-20(13-26)11-21(10-19)14-26/h3-5,8,19-21H,6-7,9-17H2,1-2H3,(H,27,33). The molecule has 1 heterocycles. The number of ether oxygens (including phenoxy) is 1. The normalized spacial score (nSPS) is 29.6. The van der Waals surface area contributed by atoms with E-state index in [2.05, 4.69) is 5.32 Å². The zero-order valence-electron chi connectivity index (χ0n) is 20.3. The molecule has 1 aliphatic heterocycles. The van der Waals surface area contributed by atoms with Gasteiger partial charge in [0.2, 0.25) is 11.8 Å². The first-order valence-electron chi connectivity index (χ1n) is 12.5. The fraction of sp³-hybridized carbons (Fsp3) is 0.654. The van der Waals surface area contributed by atoms with Crippen LogP contribution in [0.25, 0.3) is 0 Å². The van der Waals surface area contributed by atoms with Crippen molar-refractivity contribution in [3.8, 4) is 0 Å². The molecule has 1 saturated heterocycles. The van der Waals surface area contributed by atoms with Gasteiger partial charge in [0.05, 0.1) is 6.61 Å². The molecule has 0 unspecified atom stereocenters. The molecule has 1 aromatic rings. The number of hydrogen-bond acceptors (Lipinski definition) is 4. The molecule has 4 amide bonds. The van der Waals surface area contributed by atoms with Crippen LogP contribution in [0.15, 0.2) is 24.3 Å². The van der Waals surface area contributed by atoms with Gasteiger partial charge in [0.15, 0.2) is 0 Å². The third-order valence-electron chi connectivity index (χ3n) is 8.19. The van der Waals surface area contributed by atoms with Crippen molar-refractivity contribution in [2.24, 2.45) is 17.8 Å². The number of benzene rings is 1. The molecule has 4 bridgehead atoms.